The van der Waals surface area contributed by atoms with Crippen LogP contribution in [0.2, 0.25) is 0 Å². The molecular weight excluding hydrogens is 348 g/mol. The Morgan fingerprint density at radius 1 is 1.18 bits per heavy atom. The predicted octanol–water partition coefficient (Wildman–Crippen LogP) is 6.72. The largest absolute Gasteiger partial charge is 0.493 e. The molecule has 0 aliphatic heterocycles. The number of carboxylic acids is 1. The molecule has 0 aromatic heterocycles. The number of rotatable bonds is 9. The molecule has 0 atom stereocenters. The molecule has 0 heterocycles. The monoisotopic (exact) mass is 384 g/mol. The van der Waals surface area contributed by atoms with Crippen LogP contribution in [0, 0.1) is 0 Å². The van der Waals surface area contributed by atoms with E-state index < -0.39 is 5.97 Å². The first-order valence-electron chi connectivity index (χ1n) is 10.2. The summed E-state index contributed by atoms with van der Waals surface area (Å²) in [6.45, 7) is 15.6. The summed E-state index contributed by atoms with van der Waals surface area (Å²) in [7, 11) is 0. The van der Waals surface area contributed by atoms with E-state index in [1.165, 1.54) is 17.2 Å². The van der Waals surface area contributed by atoms with Gasteiger partial charge in [-0.2, -0.15) is 0 Å². The molecule has 0 fully saturated rings. The number of carbonyl (C=O) groups is 1. The summed E-state index contributed by atoms with van der Waals surface area (Å²) in [6, 6.07) is 4.49. The average molecular weight is 385 g/mol. The van der Waals surface area contributed by atoms with E-state index >= 15 is 0 Å². The Balaban J connectivity index is 3.42. The molecule has 0 aliphatic rings. The third kappa shape index (κ3) is 7.38. The van der Waals surface area contributed by atoms with Crippen LogP contribution in [0.3, 0.4) is 0 Å². The van der Waals surface area contributed by atoms with Gasteiger partial charge in [-0.1, -0.05) is 65.3 Å². The van der Waals surface area contributed by atoms with Gasteiger partial charge < -0.3 is 9.84 Å². The van der Waals surface area contributed by atoms with Crippen molar-refractivity contribution < 1.29 is 14.6 Å². The van der Waals surface area contributed by atoms with Gasteiger partial charge in [-0.05, 0) is 54.9 Å². The third-order valence-electron chi connectivity index (χ3n) is 4.59. The van der Waals surface area contributed by atoms with Gasteiger partial charge in [0.25, 0.3) is 0 Å². The van der Waals surface area contributed by atoms with Crippen molar-refractivity contribution in [3.63, 3.8) is 0 Å². The van der Waals surface area contributed by atoms with E-state index in [1.54, 1.807) is 6.92 Å². The molecule has 1 rings (SSSR count). The summed E-state index contributed by atoms with van der Waals surface area (Å²) >= 11 is 0. The van der Waals surface area contributed by atoms with Crippen LogP contribution in [-0.4, -0.2) is 17.7 Å². The lowest BCUT2D eigenvalue weighted by Crippen LogP contribution is -2.16. The second kappa shape index (κ2) is 10.9. The van der Waals surface area contributed by atoms with Crippen molar-refractivity contribution in [3.05, 3.63) is 58.7 Å². The van der Waals surface area contributed by atoms with Crippen molar-refractivity contribution >= 4 is 11.5 Å². The first-order valence-corrected chi connectivity index (χ1v) is 10.2. The maximum Gasteiger partial charge on any atom is 0.328 e. The van der Waals surface area contributed by atoms with Gasteiger partial charge in [-0.3, -0.25) is 0 Å². The summed E-state index contributed by atoms with van der Waals surface area (Å²) in [5.41, 5.74) is 5.43. The number of hydrogen-bond acceptors (Lipinski definition) is 2. The fourth-order valence-electron chi connectivity index (χ4n) is 2.89. The molecule has 3 heteroatoms. The highest BCUT2D eigenvalue weighted by molar-refractivity contribution is 5.81. The molecule has 1 aromatic carbocycles. The number of carboxylic acid groups (broad SMARTS) is 1. The number of aryl methyl sites for hydroxylation is 1. The van der Waals surface area contributed by atoms with Crippen LogP contribution in [0.4, 0.5) is 0 Å². The molecule has 28 heavy (non-hydrogen) atoms. The van der Waals surface area contributed by atoms with Crippen molar-refractivity contribution in [2.75, 3.05) is 6.61 Å². The molecule has 0 unspecified atom stereocenters. The van der Waals surface area contributed by atoms with Gasteiger partial charge in [-0.25, -0.2) is 4.79 Å². The third-order valence-corrected chi connectivity index (χ3v) is 4.59. The standard InChI is InChI=1S/C25H36O3/c1-8-10-14-28-24-21(16-20(9-2)17-22(24)25(5,6)7)19(4)13-11-12-18(3)15-23(26)27/h11-13,15-17H,8-10,14H2,1-7H3,(H,26,27). The topological polar surface area (TPSA) is 46.5 Å². The van der Waals surface area contributed by atoms with Gasteiger partial charge in [0.05, 0.1) is 6.61 Å². The fourth-order valence-corrected chi connectivity index (χ4v) is 2.89. The molecule has 1 N–H and O–H groups in total. The maximum absolute atomic E-state index is 10.8. The Labute approximate surface area is 170 Å². The molecule has 0 amide bonds. The molecule has 3 nitrogen and oxygen atoms in total. The van der Waals surface area contributed by atoms with Crippen molar-refractivity contribution in [2.24, 2.45) is 0 Å². The Morgan fingerprint density at radius 2 is 1.86 bits per heavy atom. The zero-order chi connectivity index (χ0) is 21.3. The minimum Gasteiger partial charge on any atom is -0.493 e. The summed E-state index contributed by atoms with van der Waals surface area (Å²) in [6.07, 6.45) is 10.0. The van der Waals surface area contributed by atoms with E-state index in [2.05, 4.69) is 53.7 Å². The van der Waals surface area contributed by atoms with E-state index in [0.717, 1.165) is 36.1 Å². The SMILES string of the molecule is CCCCOc1c(C(C)=CC=CC(C)=CC(=O)O)cc(CC)cc1C(C)(C)C. The molecule has 0 bridgehead atoms. The van der Waals surface area contributed by atoms with E-state index in [1.807, 2.05) is 18.2 Å². The highest BCUT2D eigenvalue weighted by Gasteiger charge is 2.23. The molecule has 0 spiro atoms. The smallest absolute Gasteiger partial charge is 0.328 e. The highest BCUT2D eigenvalue weighted by Crippen LogP contribution is 2.38. The number of hydrogen-bond donors (Lipinski definition) is 1. The van der Waals surface area contributed by atoms with E-state index in [-0.39, 0.29) is 5.41 Å². The van der Waals surface area contributed by atoms with Crippen LogP contribution < -0.4 is 4.74 Å². The van der Waals surface area contributed by atoms with Crippen molar-refractivity contribution in [3.8, 4) is 5.75 Å². The predicted molar refractivity (Wildman–Crippen MR) is 119 cm³/mol. The minimum atomic E-state index is -0.931. The molecule has 0 saturated carbocycles. The minimum absolute atomic E-state index is 0.0155. The Hall–Kier alpha value is -2.29. The first-order chi connectivity index (χ1) is 13.1. The van der Waals surface area contributed by atoms with Crippen LogP contribution >= 0.6 is 0 Å². The van der Waals surface area contributed by atoms with Gasteiger partial charge in [0, 0.05) is 17.2 Å². The zero-order valence-corrected chi connectivity index (χ0v) is 18.6. The fraction of sp³-hybridized carbons (Fsp3) is 0.480. The number of allylic oxidation sites excluding steroid dienone is 5. The lowest BCUT2D eigenvalue weighted by Gasteiger charge is -2.26. The van der Waals surface area contributed by atoms with Gasteiger partial charge in [-0.15, -0.1) is 0 Å². The zero-order valence-electron chi connectivity index (χ0n) is 18.6. The Bertz CT molecular complexity index is 759. The van der Waals surface area contributed by atoms with Crippen LogP contribution in [0.5, 0.6) is 5.75 Å². The number of ether oxygens (including phenoxy) is 1. The van der Waals surface area contributed by atoms with Gasteiger partial charge in [0.1, 0.15) is 5.75 Å². The van der Waals surface area contributed by atoms with Crippen LogP contribution in [0.15, 0.2) is 42.0 Å². The second-order valence-corrected chi connectivity index (χ2v) is 8.26. The van der Waals surface area contributed by atoms with E-state index in [9.17, 15) is 4.79 Å². The number of unbranched alkanes of at least 4 members (excludes halogenated alkanes) is 1. The summed E-state index contributed by atoms with van der Waals surface area (Å²) in [5.74, 6) is 0.0398. The molecule has 0 saturated heterocycles. The van der Waals surface area contributed by atoms with Gasteiger partial charge in [0.2, 0.25) is 0 Å². The normalized spacial score (nSPS) is 13.2. The second-order valence-electron chi connectivity index (χ2n) is 8.26. The average Bonchev–Trinajstić information content (AvgIpc) is 2.60. The lowest BCUT2D eigenvalue weighted by atomic mass is 9.82. The van der Waals surface area contributed by atoms with Gasteiger partial charge >= 0.3 is 5.97 Å². The highest BCUT2D eigenvalue weighted by atomic mass is 16.5. The molecule has 0 radical (unpaired) electrons. The molecule has 154 valence electrons. The molecule has 0 aliphatic carbocycles. The quantitative estimate of drug-likeness (QED) is 0.292. The van der Waals surface area contributed by atoms with E-state index in [0.29, 0.717) is 12.2 Å². The van der Waals surface area contributed by atoms with Crippen LogP contribution in [0.25, 0.3) is 5.57 Å². The van der Waals surface area contributed by atoms with E-state index in [4.69, 9.17) is 9.84 Å². The Kier molecular flexibility index (Phi) is 9.24. The van der Waals surface area contributed by atoms with Crippen molar-refractivity contribution in [2.45, 2.75) is 73.1 Å². The number of benzene rings is 1. The maximum atomic E-state index is 10.8. The summed E-state index contributed by atoms with van der Waals surface area (Å²) < 4.78 is 6.28. The first kappa shape index (κ1) is 23.7. The van der Waals surface area contributed by atoms with Gasteiger partial charge in [0.15, 0.2) is 0 Å². The summed E-state index contributed by atoms with van der Waals surface area (Å²) in [4.78, 5) is 10.8. The van der Waals surface area contributed by atoms with Crippen LogP contribution in [0.1, 0.15) is 78.0 Å². The van der Waals surface area contributed by atoms with Crippen LogP contribution in [-0.2, 0) is 16.6 Å². The lowest BCUT2D eigenvalue weighted by molar-refractivity contribution is -0.131. The van der Waals surface area contributed by atoms with Crippen molar-refractivity contribution in [1.29, 1.82) is 0 Å². The summed E-state index contributed by atoms with van der Waals surface area (Å²) in [5, 5.41) is 8.83. The van der Waals surface area contributed by atoms with Crippen molar-refractivity contribution in [1.82, 2.24) is 0 Å². The number of aliphatic carboxylic acids is 1. The Morgan fingerprint density at radius 3 is 2.39 bits per heavy atom. The molecular formula is C25H36O3. The molecule has 1 aromatic rings.